The number of carbonyl (C=O) groups is 1. The normalized spacial score (nSPS) is 10.5. The largest absolute Gasteiger partial charge is 0.356 e. The summed E-state index contributed by atoms with van der Waals surface area (Å²) in [6, 6.07) is 7.37. The summed E-state index contributed by atoms with van der Waals surface area (Å²) in [5.41, 5.74) is 0.992. The summed E-state index contributed by atoms with van der Waals surface area (Å²) < 4.78 is 0. The molecule has 2 nitrogen and oxygen atoms in total. The monoisotopic (exact) mass is 239 g/mol. The minimum absolute atomic E-state index is 0.0722. The first-order valence-corrected chi connectivity index (χ1v) is 5.97. The van der Waals surface area contributed by atoms with E-state index in [1.165, 1.54) is 0 Å². The summed E-state index contributed by atoms with van der Waals surface area (Å²) in [7, 11) is 0. The second-order valence-electron chi connectivity index (χ2n) is 4.34. The molecule has 1 aromatic rings. The Kier molecular flexibility index (Phi) is 5.33. The Morgan fingerprint density at radius 3 is 2.50 bits per heavy atom. The van der Waals surface area contributed by atoms with Crippen LogP contribution < -0.4 is 5.32 Å². The van der Waals surface area contributed by atoms with Gasteiger partial charge in [-0.05, 0) is 30.0 Å². The zero-order valence-electron chi connectivity index (χ0n) is 9.79. The van der Waals surface area contributed by atoms with Gasteiger partial charge in [0.2, 0.25) is 5.91 Å². The van der Waals surface area contributed by atoms with E-state index < -0.39 is 0 Å². The van der Waals surface area contributed by atoms with Gasteiger partial charge in [0, 0.05) is 11.6 Å². The van der Waals surface area contributed by atoms with Gasteiger partial charge in [-0.25, -0.2) is 0 Å². The number of hydrogen-bond acceptors (Lipinski definition) is 1. The third-order valence-corrected chi connectivity index (χ3v) is 2.57. The molecule has 0 bridgehead atoms. The van der Waals surface area contributed by atoms with E-state index in [4.69, 9.17) is 11.6 Å². The Morgan fingerprint density at radius 1 is 1.31 bits per heavy atom. The van der Waals surface area contributed by atoms with Crippen molar-refractivity contribution in [2.24, 2.45) is 5.92 Å². The zero-order valence-corrected chi connectivity index (χ0v) is 10.6. The van der Waals surface area contributed by atoms with Crippen molar-refractivity contribution >= 4 is 17.5 Å². The highest BCUT2D eigenvalue weighted by Crippen LogP contribution is 2.09. The number of carbonyl (C=O) groups excluding carboxylic acids is 1. The van der Waals surface area contributed by atoms with Crippen molar-refractivity contribution in [2.75, 3.05) is 6.54 Å². The third kappa shape index (κ3) is 5.17. The van der Waals surface area contributed by atoms with Gasteiger partial charge in [-0.1, -0.05) is 37.6 Å². The molecule has 3 heteroatoms. The molecule has 1 N–H and O–H groups in total. The summed E-state index contributed by atoms with van der Waals surface area (Å²) >= 11 is 5.77. The molecule has 0 radical (unpaired) electrons. The van der Waals surface area contributed by atoms with Crippen molar-refractivity contribution in [3.05, 3.63) is 34.9 Å². The van der Waals surface area contributed by atoms with Gasteiger partial charge in [0.25, 0.3) is 0 Å². The summed E-state index contributed by atoms with van der Waals surface area (Å²) in [5, 5.41) is 3.60. The molecule has 0 spiro atoms. The fourth-order valence-corrected chi connectivity index (χ4v) is 1.48. The van der Waals surface area contributed by atoms with Gasteiger partial charge in [-0.15, -0.1) is 0 Å². The van der Waals surface area contributed by atoms with Crippen LogP contribution in [-0.2, 0) is 11.2 Å². The molecule has 0 unspecified atom stereocenters. The molecule has 0 aliphatic carbocycles. The van der Waals surface area contributed by atoms with Gasteiger partial charge in [0.1, 0.15) is 0 Å². The van der Waals surface area contributed by atoms with Crippen LogP contribution in [0.2, 0.25) is 5.02 Å². The van der Waals surface area contributed by atoms with Crippen LogP contribution in [0.3, 0.4) is 0 Å². The zero-order chi connectivity index (χ0) is 12.0. The van der Waals surface area contributed by atoms with E-state index in [9.17, 15) is 4.79 Å². The molecule has 0 saturated heterocycles. The Hall–Kier alpha value is -1.02. The quantitative estimate of drug-likeness (QED) is 0.841. The van der Waals surface area contributed by atoms with Gasteiger partial charge in [0.05, 0.1) is 6.42 Å². The molecule has 0 saturated carbocycles. The standard InChI is InChI=1S/C13H18ClNO/c1-10(2)7-8-15-13(16)9-11-3-5-12(14)6-4-11/h3-6,10H,7-9H2,1-2H3,(H,15,16). The average Bonchev–Trinajstić information content (AvgIpc) is 2.21. The highest BCUT2D eigenvalue weighted by molar-refractivity contribution is 6.30. The van der Waals surface area contributed by atoms with Crippen molar-refractivity contribution in [3.8, 4) is 0 Å². The summed E-state index contributed by atoms with van der Waals surface area (Å²) in [5.74, 6) is 0.693. The molecule has 16 heavy (non-hydrogen) atoms. The van der Waals surface area contributed by atoms with E-state index in [1.807, 2.05) is 12.1 Å². The average molecular weight is 240 g/mol. The Balaban J connectivity index is 2.31. The smallest absolute Gasteiger partial charge is 0.224 e. The molecule has 0 aliphatic heterocycles. The second-order valence-corrected chi connectivity index (χ2v) is 4.77. The highest BCUT2D eigenvalue weighted by Gasteiger charge is 2.03. The summed E-state index contributed by atoms with van der Waals surface area (Å²) in [4.78, 5) is 11.5. The number of amides is 1. The third-order valence-electron chi connectivity index (χ3n) is 2.32. The molecular formula is C13H18ClNO. The first kappa shape index (κ1) is 13.0. The molecule has 1 aromatic carbocycles. The van der Waals surface area contributed by atoms with Crippen molar-refractivity contribution < 1.29 is 4.79 Å². The van der Waals surface area contributed by atoms with Crippen molar-refractivity contribution in [1.82, 2.24) is 5.32 Å². The molecule has 0 heterocycles. The Morgan fingerprint density at radius 2 is 1.94 bits per heavy atom. The molecule has 0 aliphatic rings. The topological polar surface area (TPSA) is 29.1 Å². The maximum absolute atomic E-state index is 11.5. The van der Waals surface area contributed by atoms with Gasteiger partial charge in [0.15, 0.2) is 0 Å². The summed E-state index contributed by atoms with van der Waals surface area (Å²) in [6.45, 7) is 5.04. The molecular weight excluding hydrogens is 222 g/mol. The van der Waals surface area contributed by atoms with Crippen LogP contribution in [0.4, 0.5) is 0 Å². The van der Waals surface area contributed by atoms with Crippen LogP contribution >= 0.6 is 11.6 Å². The van der Waals surface area contributed by atoms with E-state index in [1.54, 1.807) is 12.1 Å². The van der Waals surface area contributed by atoms with Crippen LogP contribution in [0, 0.1) is 5.92 Å². The van der Waals surface area contributed by atoms with Crippen LogP contribution in [0.1, 0.15) is 25.8 Å². The van der Waals surface area contributed by atoms with Gasteiger partial charge in [-0.2, -0.15) is 0 Å². The number of halogens is 1. The second kappa shape index (κ2) is 6.54. The van der Waals surface area contributed by atoms with Gasteiger partial charge in [-0.3, -0.25) is 4.79 Å². The lowest BCUT2D eigenvalue weighted by atomic mass is 10.1. The predicted octanol–water partition coefficient (Wildman–Crippen LogP) is 3.04. The van der Waals surface area contributed by atoms with Crippen molar-refractivity contribution in [1.29, 1.82) is 0 Å². The summed E-state index contributed by atoms with van der Waals surface area (Å²) in [6.07, 6.45) is 1.45. The van der Waals surface area contributed by atoms with Gasteiger partial charge < -0.3 is 5.32 Å². The molecule has 0 aromatic heterocycles. The first-order chi connectivity index (χ1) is 7.58. The Labute approximate surface area is 102 Å². The predicted molar refractivity (Wildman–Crippen MR) is 67.6 cm³/mol. The van der Waals surface area contributed by atoms with E-state index in [-0.39, 0.29) is 5.91 Å². The van der Waals surface area contributed by atoms with Crippen LogP contribution in [0.25, 0.3) is 0 Å². The minimum Gasteiger partial charge on any atom is -0.356 e. The van der Waals surface area contributed by atoms with Gasteiger partial charge >= 0.3 is 0 Å². The van der Waals surface area contributed by atoms with Crippen LogP contribution in [0.15, 0.2) is 24.3 Å². The highest BCUT2D eigenvalue weighted by atomic mass is 35.5. The van der Waals surface area contributed by atoms with Crippen LogP contribution in [-0.4, -0.2) is 12.5 Å². The first-order valence-electron chi connectivity index (χ1n) is 5.59. The minimum atomic E-state index is 0.0722. The number of benzene rings is 1. The van der Waals surface area contributed by atoms with E-state index in [2.05, 4.69) is 19.2 Å². The molecule has 0 atom stereocenters. The van der Waals surface area contributed by atoms with Crippen molar-refractivity contribution in [3.63, 3.8) is 0 Å². The van der Waals surface area contributed by atoms with E-state index in [0.29, 0.717) is 17.4 Å². The number of nitrogens with one attached hydrogen (secondary N) is 1. The molecule has 88 valence electrons. The fourth-order valence-electron chi connectivity index (χ4n) is 1.35. The van der Waals surface area contributed by atoms with E-state index >= 15 is 0 Å². The lowest BCUT2D eigenvalue weighted by molar-refractivity contribution is -0.120. The molecule has 1 amide bonds. The number of hydrogen-bond donors (Lipinski definition) is 1. The lowest BCUT2D eigenvalue weighted by Crippen LogP contribution is -2.26. The SMILES string of the molecule is CC(C)CCNC(=O)Cc1ccc(Cl)cc1. The van der Waals surface area contributed by atoms with Crippen LogP contribution in [0.5, 0.6) is 0 Å². The maximum atomic E-state index is 11.5. The molecule has 1 rings (SSSR count). The Bertz CT molecular complexity index is 332. The maximum Gasteiger partial charge on any atom is 0.224 e. The number of rotatable bonds is 5. The van der Waals surface area contributed by atoms with E-state index in [0.717, 1.165) is 18.5 Å². The fraction of sp³-hybridized carbons (Fsp3) is 0.462. The molecule has 0 fully saturated rings. The van der Waals surface area contributed by atoms with Crippen molar-refractivity contribution in [2.45, 2.75) is 26.7 Å². The lowest BCUT2D eigenvalue weighted by Gasteiger charge is -2.07.